The first-order chi connectivity index (χ1) is 25.8. The molecule has 5 aromatic carbocycles. The Balaban J connectivity index is 1.15. The maximum absolute atomic E-state index is 12.1. The molecule has 0 heterocycles. The van der Waals surface area contributed by atoms with Gasteiger partial charge in [-0.3, -0.25) is 0 Å². The van der Waals surface area contributed by atoms with Crippen molar-refractivity contribution in [2.45, 2.75) is 31.6 Å². The summed E-state index contributed by atoms with van der Waals surface area (Å²) in [5.41, 5.74) is 2.73. The third-order valence-corrected chi connectivity index (χ3v) is 9.16. The number of fused-ring (bicyclic) bond motifs is 1. The van der Waals surface area contributed by atoms with Gasteiger partial charge in [0, 0.05) is 30.4 Å². The van der Waals surface area contributed by atoms with Crippen molar-refractivity contribution in [2.24, 2.45) is 0 Å². The Morgan fingerprint density at radius 2 is 1.23 bits per heavy atom. The van der Waals surface area contributed by atoms with E-state index < -0.39 is 9.84 Å². The minimum absolute atomic E-state index is 0.255. The molecule has 0 aliphatic rings. The molecule has 0 aliphatic heterocycles. The van der Waals surface area contributed by atoms with Gasteiger partial charge in [-0.1, -0.05) is 48.5 Å². The fraction of sp³-hybridized carbons (Fsp3) is 0.333. The molecule has 0 amide bonds. The Morgan fingerprint density at radius 3 is 1.89 bits per heavy atom. The van der Waals surface area contributed by atoms with Crippen LogP contribution in [-0.2, 0) is 40.1 Å². The van der Waals surface area contributed by atoms with Gasteiger partial charge in [-0.15, -0.1) is 0 Å². The van der Waals surface area contributed by atoms with Crippen molar-refractivity contribution < 1.29 is 46.3 Å². The van der Waals surface area contributed by atoms with Crippen molar-refractivity contribution in [3.05, 3.63) is 115 Å². The summed E-state index contributed by atoms with van der Waals surface area (Å²) in [4.78, 5) is 0.255. The zero-order valence-electron chi connectivity index (χ0n) is 30.5. The molecule has 5 aromatic rings. The molecule has 0 aliphatic carbocycles. The summed E-state index contributed by atoms with van der Waals surface area (Å²) in [7, 11) is -3.33. The molecule has 0 saturated heterocycles. The number of benzene rings is 5. The van der Waals surface area contributed by atoms with Crippen molar-refractivity contribution in [3.63, 3.8) is 0 Å². The Kier molecular flexibility index (Phi) is 15.5. The van der Waals surface area contributed by atoms with Gasteiger partial charge in [-0.25, -0.2) is 8.42 Å². The van der Waals surface area contributed by atoms with E-state index in [9.17, 15) is 8.42 Å². The Bertz CT molecular complexity index is 1930. The van der Waals surface area contributed by atoms with Gasteiger partial charge < -0.3 is 37.9 Å². The number of rotatable bonds is 23. The molecule has 0 atom stereocenters. The van der Waals surface area contributed by atoms with E-state index in [2.05, 4.69) is 0 Å². The predicted molar refractivity (Wildman–Crippen MR) is 205 cm³/mol. The lowest BCUT2D eigenvalue weighted by atomic mass is 9.99. The molecule has 0 radical (unpaired) electrons. The van der Waals surface area contributed by atoms with Gasteiger partial charge >= 0.3 is 0 Å². The minimum Gasteiger partial charge on any atom is -0.491 e. The summed E-state index contributed by atoms with van der Waals surface area (Å²) in [6, 6.07) is 34.1. The largest absolute Gasteiger partial charge is 0.491 e. The maximum atomic E-state index is 12.1. The van der Waals surface area contributed by atoms with Crippen molar-refractivity contribution in [2.75, 3.05) is 65.7 Å². The van der Waals surface area contributed by atoms with E-state index in [1.807, 2.05) is 98.8 Å². The topological polar surface area (TPSA) is 108 Å². The molecule has 0 unspecified atom stereocenters. The van der Waals surface area contributed by atoms with E-state index >= 15 is 0 Å². The normalized spacial score (nSPS) is 11.6. The summed E-state index contributed by atoms with van der Waals surface area (Å²) < 4.78 is 70.4. The zero-order chi connectivity index (χ0) is 37.3. The molecule has 5 rings (SSSR count). The summed E-state index contributed by atoms with van der Waals surface area (Å²) in [6.45, 7) is 8.40. The highest BCUT2D eigenvalue weighted by molar-refractivity contribution is 7.90. The summed E-state index contributed by atoms with van der Waals surface area (Å²) in [5, 5.41) is 1.82. The van der Waals surface area contributed by atoms with Gasteiger partial charge in [0.2, 0.25) is 0 Å². The quantitative estimate of drug-likeness (QED) is 0.0481. The maximum Gasteiger partial charge on any atom is 0.180 e. The Hall–Kier alpha value is -4.49. The van der Waals surface area contributed by atoms with Gasteiger partial charge in [0.15, 0.2) is 16.1 Å². The zero-order valence-corrected chi connectivity index (χ0v) is 31.3. The molecule has 0 bridgehead atoms. The van der Waals surface area contributed by atoms with Gasteiger partial charge in [-0.05, 0) is 91.0 Å². The second-order valence-corrected chi connectivity index (χ2v) is 14.0. The lowest BCUT2D eigenvalue weighted by Crippen LogP contribution is -2.24. The van der Waals surface area contributed by atoms with Crippen molar-refractivity contribution in [1.29, 1.82) is 0 Å². The third kappa shape index (κ3) is 12.6. The highest BCUT2D eigenvalue weighted by atomic mass is 32.2. The van der Waals surface area contributed by atoms with Gasteiger partial charge in [0.05, 0.1) is 44.5 Å². The van der Waals surface area contributed by atoms with Gasteiger partial charge in [0.1, 0.15) is 36.2 Å². The lowest BCUT2D eigenvalue weighted by Gasteiger charge is -2.16. The van der Waals surface area contributed by atoms with Crippen LogP contribution in [-0.4, -0.2) is 80.4 Å². The summed E-state index contributed by atoms with van der Waals surface area (Å²) in [5.74, 6) is 2.68. The molecule has 10 nitrogen and oxygen atoms in total. The summed E-state index contributed by atoms with van der Waals surface area (Å²) >= 11 is 0. The Morgan fingerprint density at radius 1 is 0.604 bits per heavy atom. The van der Waals surface area contributed by atoms with E-state index in [4.69, 9.17) is 37.9 Å². The number of sulfone groups is 1. The van der Waals surface area contributed by atoms with Crippen molar-refractivity contribution in [3.8, 4) is 34.1 Å². The highest BCUT2D eigenvalue weighted by Crippen LogP contribution is 2.41. The smallest absolute Gasteiger partial charge is 0.180 e. The van der Waals surface area contributed by atoms with E-state index in [1.165, 1.54) is 6.26 Å². The fourth-order valence-electron chi connectivity index (χ4n) is 5.40. The SMILES string of the molecule is CCOC(COCCOCCOCCOc1ccc(Oc2c(-c3ccc(S(C)(=O)=O)cc3)ccc3cc(OCc4ccccc4)ccc23)cc1)OCC. The van der Waals surface area contributed by atoms with E-state index in [0.717, 1.165) is 33.2 Å². The number of hydrogen-bond donors (Lipinski definition) is 0. The van der Waals surface area contributed by atoms with Crippen LogP contribution in [0.15, 0.2) is 114 Å². The van der Waals surface area contributed by atoms with Gasteiger partial charge in [-0.2, -0.15) is 0 Å². The van der Waals surface area contributed by atoms with E-state index in [1.54, 1.807) is 24.3 Å². The van der Waals surface area contributed by atoms with Crippen LogP contribution in [0.1, 0.15) is 19.4 Å². The van der Waals surface area contributed by atoms with Crippen LogP contribution in [0.2, 0.25) is 0 Å². The molecule has 0 N–H and O–H groups in total. The van der Waals surface area contributed by atoms with Crippen LogP contribution in [0.4, 0.5) is 0 Å². The van der Waals surface area contributed by atoms with Crippen LogP contribution < -0.4 is 14.2 Å². The first-order valence-electron chi connectivity index (χ1n) is 17.7. The molecule has 0 spiro atoms. The third-order valence-electron chi connectivity index (χ3n) is 8.03. The molecular formula is C42H48O10S. The molecular weight excluding hydrogens is 697 g/mol. The van der Waals surface area contributed by atoms with E-state index in [0.29, 0.717) is 83.3 Å². The molecule has 11 heteroatoms. The first-order valence-corrected chi connectivity index (χ1v) is 19.6. The molecule has 53 heavy (non-hydrogen) atoms. The lowest BCUT2D eigenvalue weighted by molar-refractivity contribution is -0.169. The van der Waals surface area contributed by atoms with E-state index in [-0.39, 0.29) is 11.2 Å². The first kappa shape index (κ1) is 39.7. The van der Waals surface area contributed by atoms with Crippen LogP contribution in [0.5, 0.6) is 23.0 Å². The van der Waals surface area contributed by atoms with Crippen molar-refractivity contribution in [1.82, 2.24) is 0 Å². The van der Waals surface area contributed by atoms with Crippen LogP contribution in [0.3, 0.4) is 0 Å². The van der Waals surface area contributed by atoms with Gasteiger partial charge in [0.25, 0.3) is 0 Å². The fourth-order valence-corrected chi connectivity index (χ4v) is 6.04. The Labute approximate surface area is 312 Å². The highest BCUT2D eigenvalue weighted by Gasteiger charge is 2.15. The predicted octanol–water partition coefficient (Wildman–Crippen LogP) is 8.11. The average molecular weight is 745 g/mol. The number of ether oxygens (including phenoxy) is 8. The second kappa shape index (κ2) is 20.7. The summed E-state index contributed by atoms with van der Waals surface area (Å²) in [6.07, 6.45) is 0.847. The minimum atomic E-state index is -3.33. The van der Waals surface area contributed by atoms with Crippen LogP contribution in [0.25, 0.3) is 21.9 Å². The molecule has 0 saturated carbocycles. The van der Waals surface area contributed by atoms with Crippen LogP contribution >= 0.6 is 0 Å². The standard InChI is InChI=1S/C42H48O10S/c1-4-48-41(49-5-2)31-47-26-25-45-23-24-46-27-28-50-35-14-16-36(17-15-35)52-42-39(33-11-19-38(20-12-33)53(3,43)44)21-13-34-29-37(18-22-40(34)42)51-30-32-9-7-6-8-10-32/h6-22,29,41H,4-5,23-28,30-31H2,1-3H3. The molecule has 282 valence electrons. The molecule has 0 aromatic heterocycles. The van der Waals surface area contributed by atoms with Crippen molar-refractivity contribution >= 4 is 20.6 Å². The monoisotopic (exact) mass is 744 g/mol. The number of hydrogen-bond acceptors (Lipinski definition) is 10. The second-order valence-electron chi connectivity index (χ2n) is 12.0. The molecule has 0 fully saturated rings. The van der Waals surface area contributed by atoms with Crippen LogP contribution in [0, 0.1) is 0 Å². The average Bonchev–Trinajstić information content (AvgIpc) is 3.17.